The summed E-state index contributed by atoms with van der Waals surface area (Å²) in [4.78, 5) is 33.0. The summed E-state index contributed by atoms with van der Waals surface area (Å²) in [7, 11) is 0. The molecule has 1 unspecified atom stereocenters. The van der Waals surface area contributed by atoms with Crippen LogP contribution < -0.4 is 5.32 Å². The van der Waals surface area contributed by atoms with E-state index in [0.29, 0.717) is 22.7 Å². The molecule has 0 saturated heterocycles. The van der Waals surface area contributed by atoms with Crippen LogP contribution in [0.1, 0.15) is 32.7 Å². The van der Waals surface area contributed by atoms with E-state index in [9.17, 15) is 9.59 Å². The number of ether oxygens (including phenoxy) is 2. The maximum Gasteiger partial charge on any atom is 0.347 e. The summed E-state index contributed by atoms with van der Waals surface area (Å²) >= 11 is 4.38. The molecule has 0 radical (unpaired) electrons. The topological polar surface area (TPSA) is 89.9 Å². The third-order valence-electron chi connectivity index (χ3n) is 3.47. The van der Waals surface area contributed by atoms with Gasteiger partial charge in [-0.3, -0.25) is 4.99 Å². The van der Waals surface area contributed by atoms with Crippen molar-refractivity contribution < 1.29 is 19.1 Å². The third-order valence-corrected chi connectivity index (χ3v) is 4.25. The van der Waals surface area contributed by atoms with Crippen LogP contribution in [0, 0.1) is 0 Å². The van der Waals surface area contributed by atoms with Gasteiger partial charge in [0.25, 0.3) is 0 Å². The minimum absolute atomic E-state index is 0.222. The first kappa shape index (κ1) is 23.0. The number of carbonyl (C=O) groups excluding carboxylic acids is 2. The van der Waals surface area contributed by atoms with Crippen LogP contribution in [0.15, 0.2) is 40.0 Å². The second-order valence-electron chi connectivity index (χ2n) is 5.53. The van der Waals surface area contributed by atoms with E-state index < -0.39 is 24.1 Å². The Kier molecular flexibility index (Phi) is 9.37. The van der Waals surface area contributed by atoms with Crippen molar-refractivity contribution in [3.63, 3.8) is 0 Å². The van der Waals surface area contributed by atoms with E-state index in [0.717, 1.165) is 5.01 Å². The summed E-state index contributed by atoms with van der Waals surface area (Å²) in [6.07, 6.45) is 0.687. The van der Waals surface area contributed by atoms with Crippen LogP contribution in [0.2, 0.25) is 0 Å². The van der Waals surface area contributed by atoms with Gasteiger partial charge < -0.3 is 14.8 Å². The van der Waals surface area contributed by atoms with Crippen LogP contribution in [-0.4, -0.2) is 47.3 Å². The number of aromatic nitrogens is 1. The maximum atomic E-state index is 12.6. The standard InChI is InChI=1S/C17H21N3O4S.CH3Br/c1-6-23-16(21)11(5)24-17(22)12-10(4)19-14(15-18-7-8-25-15)20-13(12)9(2)3;1-2/h7-8,11,13H,2,6H2,1,3-5H3,(H,19,20);1H3/t11?,13-;/m0./s1. The normalized spacial score (nSPS) is 17.0. The molecular weight excluding hydrogens is 434 g/mol. The van der Waals surface area contributed by atoms with Gasteiger partial charge in [0.05, 0.1) is 12.2 Å². The Morgan fingerprint density at radius 1 is 1.44 bits per heavy atom. The molecule has 7 nitrogen and oxygen atoms in total. The zero-order valence-corrected chi connectivity index (χ0v) is 18.4. The number of hydrogen-bond donors (Lipinski definition) is 1. The molecule has 2 heterocycles. The number of thiazole rings is 1. The van der Waals surface area contributed by atoms with Crippen molar-refractivity contribution in [3.8, 4) is 0 Å². The van der Waals surface area contributed by atoms with Gasteiger partial charge in [-0.25, -0.2) is 14.6 Å². The lowest BCUT2D eigenvalue weighted by molar-refractivity contribution is -0.164. The Labute approximate surface area is 171 Å². The molecule has 0 fully saturated rings. The van der Waals surface area contributed by atoms with Crippen molar-refractivity contribution in [1.29, 1.82) is 0 Å². The van der Waals surface area contributed by atoms with Gasteiger partial charge in [-0.1, -0.05) is 28.1 Å². The molecular formula is C18H24BrN3O4S. The van der Waals surface area contributed by atoms with Crippen molar-refractivity contribution in [2.75, 3.05) is 12.4 Å². The highest BCUT2D eigenvalue weighted by atomic mass is 79.9. The Balaban J connectivity index is 0.00000176. The molecule has 1 N–H and O–H groups in total. The highest BCUT2D eigenvalue weighted by Crippen LogP contribution is 2.25. The van der Waals surface area contributed by atoms with Crippen molar-refractivity contribution in [2.24, 2.45) is 4.99 Å². The van der Waals surface area contributed by atoms with Gasteiger partial charge in [0.2, 0.25) is 0 Å². The molecule has 148 valence electrons. The summed E-state index contributed by atoms with van der Waals surface area (Å²) < 4.78 is 10.1. The smallest absolute Gasteiger partial charge is 0.347 e. The zero-order valence-electron chi connectivity index (χ0n) is 16.0. The Morgan fingerprint density at radius 3 is 2.63 bits per heavy atom. The van der Waals surface area contributed by atoms with E-state index in [1.165, 1.54) is 18.3 Å². The van der Waals surface area contributed by atoms with Gasteiger partial charge >= 0.3 is 11.9 Å². The van der Waals surface area contributed by atoms with Gasteiger partial charge in [-0.2, -0.15) is 0 Å². The lowest BCUT2D eigenvalue weighted by Crippen LogP contribution is -2.37. The van der Waals surface area contributed by atoms with E-state index >= 15 is 0 Å². The first-order chi connectivity index (χ1) is 12.8. The molecule has 0 saturated carbocycles. The summed E-state index contributed by atoms with van der Waals surface area (Å²) in [5, 5.41) is 5.65. The quantitative estimate of drug-likeness (QED) is 0.400. The summed E-state index contributed by atoms with van der Waals surface area (Å²) in [6.45, 7) is 10.8. The van der Waals surface area contributed by atoms with Crippen molar-refractivity contribution in [2.45, 2.75) is 39.8 Å². The van der Waals surface area contributed by atoms with Crippen LogP contribution >= 0.6 is 27.3 Å². The minimum Gasteiger partial charge on any atom is -0.463 e. The third kappa shape index (κ3) is 6.00. The van der Waals surface area contributed by atoms with Crippen LogP contribution in [0.4, 0.5) is 0 Å². The Bertz CT molecular complexity index is 744. The number of hydrogen-bond acceptors (Lipinski definition) is 8. The second-order valence-corrected chi connectivity index (χ2v) is 6.42. The second kappa shape index (κ2) is 11.0. The molecule has 0 aliphatic carbocycles. The molecule has 0 bridgehead atoms. The lowest BCUT2D eigenvalue weighted by Gasteiger charge is -2.26. The number of carbonyl (C=O) groups is 2. The number of nitrogens with zero attached hydrogens (tertiary/aromatic N) is 2. The summed E-state index contributed by atoms with van der Waals surface area (Å²) in [5.74, 6) is 1.18. The summed E-state index contributed by atoms with van der Waals surface area (Å²) in [5.41, 5.74) is 1.60. The minimum atomic E-state index is -0.997. The van der Waals surface area contributed by atoms with E-state index in [2.05, 4.69) is 37.8 Å². The molecule has 0 spiro atoms. The molecule has 9 heteroatoms. The van der Waals surface area contributed by atoms with Gasteiger partial charge in [-0.05, 0) is 33.5 Å². The van der Waals surface area contributed by atoms with E-state index in [1.54, 1.807) is 27.0 Å². The number of halogens is 1. The highest BCUT2D eigenvalue weighted by molar-refractivity contribution is 9.08. The molecule has 1 aliphatic rings. The predicted octanol–water partition coefficient (Wildman–Crippen LogP) is 3.22. The fourth-order valence-electron chi connectivity index (χ4n) is 2.28. The lowest BCUT2D eigenvalue weighted by atomic mass is 9.98. The average Bonchev–Trinajstić information content (AvgIpc) is 3.17. The van der Waals surface area contributed by atoms with E-state index in [1.807, 2.05) is 11.2 Å². The fraction of sp³-hybridized carbons (Fsp3) is 0.444. The van der Waals surface area contributed by atoms with Crippen molar-refractivity contribution >= 4 is 45.0 Å². The zero-order chi connectivity index (χ0) is 20.6. The van der Waals surface area contributed by atoms with Crippen molar-refractivity contribution in [3.05, 3.63) is 40.0 Å². The molecule has 1 aromatic rings. The SMILES string of the molecule is C=C(C)[C@@H]1N=C(c2nccs2)NC(C)=C1C(=O)OC(C)C(=O)OCC.CBr. The monoisotopic (exact) mass is 457 g/mol. The number of alkyl halides is 1. The molecule has 0 aromatic carbocycles. The average molecular weight is 458 g/mol. The maximum absolute atomic E-state index is 12.6. The molecule has 1 aliphatic heterocycles. The number of aliphatic imine (C=N–C) groups is 1. The number of amidine groups is 1. The molecule has 0 amide bonds. The molecule has 1 aromatic heterocycles. The fourth-order valence-corrected chi connectivity index (χ4v) is 2.87. The van der Waals surface area contributed by atoms with Gasteiger partial charge in [0, 0.05) is 17.3 Å². The first-order valence-corrected chi connectivity index (χ1v) is 10.7. The number of allylic oxidation sites excluding steroid dienone is 1. The number of nitrogens with one attached hydrogen (secondary N) is 1. The Hall–Kier alpha value is -2.00. The molecule has 2 rings (SSSR count). The first-order valence-electron chi connectivity index (χ1n) is 8.21. The predicted molar refractivity (Wildman–Crippen MR) is 110 cm³/mol. The Morgan fingerprint density at radius 2 is 2.11 bits per heavy atom. The van der Waals surface area contributed by atoms with E-state index in [-0.39, 0.29) is 6.61 Å². The van der Waals surface area contributed by atoms with Crippen LogP contribution in [0.25, 0.3) is 0 Å². The van der Waals surface area contributed by atoms with Crippen LogP contribution in [0.5, 0.6) is 0 Å². The van der Waals surface area contributed by atoms with Crippen LogP contribution in [0.3, 0.4) is 0 Å². The summed E-state index contributed by atoms with van der Waals surface area (Å²) in [6, 6.07) is -0.568. The van der Waals surface area contributed by atoms with E-state index in [4.69, 9.17) is 9.47 Å². The van der Waals surface area contributed by atoms with Gasteiger partial charge in [0.1, 0.15) is 6.04 Å². The molecule has 27 heavy (non-hydrogen) atoms. The molecule has 2 atom stereocenters. The highest BCUT2D eigenvalue weighted by Gasteiger charge is 2.32. The van der Waals surface area contributed by atoms with Crippen LogP contribution in [-0.2, 0) is 19.1 Å². The van der Waals surface area contributed by atoms with Gasteiger partial charge in [-0.15, -0.1) is 11.3 Å². The largest absolute Gasteiger partial charge is 0.463 e. The number of rotatable bonds is 6. The number of esters is 2. The van der Waals surface area contributed by atoms with Gasteiger partial charge in [0.15, 0.2) is 16.9 Å². The van der Waals surface area contributed by atoms with Crippen molar-refractivity contribution in [1.82, 2.24) is 10.3 Å².